The number of amides is 2. The third-order valence-corrected chi connectivity index (χ3v) is 4.52. The van der Waals surface area contributed by atoms with Crippen LogP contribution in [0.5, 0.6) is 0 Å². The number of hydrogen-bond donors (Lipinski definition) is 2. The Hall–Kier alpha value is -2.31. The number of aryl methyl sites for hydroxylation is 2. The topological polar surface area (TPSA) is 85.0 Å². The fourth-order valence-electron chi connectivity index (χ4n) is 3.46. The molecule has 0 spiro atoms. The molecule has 0 saturated carbocycles. The summed E-state index contributed by atoms with van der Waals surface area (Å²) in [6, 6.07) is 1.55. The summed E-state index contributed by atoms with van der Waals surface area (Å²) in [5, 5.41) is 13.9. The molecule has 2 N–H and O–H groups in total. The summed E-state index contributed by atoms with van der Waals surface area (Å²) in [6.45, 7) is 8.23. The van der Waals surface area contributed by atoms with Crippen LogP contribution in [0.2, 0.25) is 0 Å². The molecule has 2 amide bonds. The molecule has 0 saturated heterocycles. The van der Waals surface area contributed by atoms with Crippen molar-refractivity contribution >= 4 is 6.03 Å². The number of carbonyl (C=O) groups is 1. The van der Waals surface area contributed by atoms with Gasteiger partial charge in [-0.15, -0.1) is 10.2 Å². The van der Waals surface area contributed by atoms with Gasteiger partial charge in [0.05, 0.1) is 12.1 Å². The zero-order valence-electron chi connectivity index (χ0n) is 14.9. The Labute approximate surface area is 141 Å². The van der Waals surface area contributed by atoms with Gasteiger partial charge in [-0.1, -0.05) is 13.8 Å². The normalized spacial score (nSPS) is 20.3. The highest BCUT2D eigenvalue weighted by Gasteiger charge is 2.35. The van der Waals surface area contributed by atoms with Crippen LogP contribution in [0, 0.1) is 12.3 Å². The van der Waals surface area contributed by atoms with Gasteiger partial charge in [0.25, 0.3) is 0 Å². The van der Waals surface area contributed by atoms with Crippen molar-refractivity contribution in [1.82, 2.24) is 25.4 Å². The SMILES string of the molecule is Cc1cc2c(o1)CC(C)(C)C[C@H]2NC(=O)N[C@@H](C)c1nncn1C. The molecule has 2 atom stereocenters. The van der Waals surface area contributed by atoms with E-state index in [0.29, 0.717) is 5.82 Å². The average Bonchev–Trinajstić information content (AvgIpc) is 3.02. The van der Waals surface area contributed by atoms with Gasteiger partial charge in [-0.3, -0.25) is 0 Å². The number of carbonyl (C=O) groups excluding carboxylic acids is 1. The van der Waals surface area contributed by atoms with Gasteiger partial charge < -0.3 is 19.6 Å². The van der Waals surface area contributed by atoms with E-state index >= 15 is 0 Å². The Bertz CT molecular complexity index is 746. The molecule has 2 aromatic heterocycles. The van der Waals surface area contributed by atoms with E-state index in [9.17, 15) is 4.79 Å². The molecule has 130 valence electrons. The van der Waals surface area contributed by atoms with Crippen LogP contribution in [-0.4, -0.2) is 20.8 Å². The molecule has 7 nitrogen and oxygen atoms in total. The lowest BCUT2D eigenvalue weighted by molar-refractivity contribution is 0.212. The van der Waals surface area contributed by atoms with Crippen molar-refractivity contribution in [3.8, 4) is 0 Å². The molecular formula is C17H25N5O2. The molecule has 24 heavy (non-hydrogen) atoms. The summed E-state index contributed by atoms with van der Waals surface area (Å²) in [7, 11) is 1.86. The summed E-state index contributed by atoms with van der Waals surface area (Å²) >= 11 is 0. The zero-order valence-corrected chi connectivity index (χ0v) is 14.9. The Kier molecular flexibility index (Phi) is 4.11. The van der Waals surface area contributed by atoms with Crippen molar-refractivity contribution in [3.05, 3.63) is 35.3 Å². The lowest BCUT2D eigenvalue weighted by Gasteiger charge is -2.34. The lowest BCUT2D eigenvalue weighted by atomic mass is 9.75. The number of hydrogen-bond acceptors (Lipinski definition) is 4. The van der Waals surface area contributed by atoms with E-state index < -0.39 is 0 Å². The van der Waals surface area contributed by atoms with Crippen LogP contribution in [0.1, 0.15) is 62.2 Å². The number of aromatic nitrogens is 3. The molecule has 2 aromatic rings. The van der Waals surface area contributed by atoms with E-state index in [4.69, 9.17) is 4.42 Å². The molecule has 2 heterocycles. The van der Waals surface area contributed by atoms with Crippen molar-refractivity contribution in [3.63, 3.8) is 0 Å². The summed E-state index contributed by atoms with van der Waals surface area (Å²) in [4.78, 5) is 12.4. The molecule has 0 aliphatic heterocycles. The van der Waals surface area contributed by atoms with Crippen LogP contribution >= 0.6 is 0 Å². The third-order valence-electron chi connectivity index (χ3n) is 4.52. The Morgan fingerprint density at radius 1 is 1.50 bits per heavy atom. The second kappa shape index (κ2) is 5.96. The maximum atomic E-state index is 12.4. The molecule has 0 unspecified atom stereocenters. The lowest BCUT2D eigenvalue weighted by Crippen LogP contribution is -2.42. The second-order valence-corrected chi connectivity index (χ2v) is 7.47. The fourth-order valence-corrected chi connectivity index (χ4v) is 3.46. The minimum atomic E-state index is -0.223. The van der Waals surface area contributed by atoms with Gasteiger partial charge in [0.2, 0.25) is 0 Å². The summed E-state index contributed by atoms with van der Waals surface area (Å²) in [6.07, 6.45) is 3.39. The van der Waals surface area contributed by atoms with Gasteiger partial charge in [-0.25, -0.2) is 4.79 Å². The van der Waals surface area contributed by atoms with E-state index in [1.54, 1.807) is 10.9 Å². The predicted octanol–water partition coefficient (Wildman–Crippen LogP) is 2.79. The van der Waals surface area contributed by atoms with Gasteiger partial charge in [0.1, 0.15) is 17.8 Å². The van der Waals surface area contributed by atoms with Gasteiger partial charge in [0, 0.05) is 19.0 Å². The van der Waals surface area contributed by atoms with Crippen molar-refractivity contribution in [2.45, 2.75) is 52.6 Å². The first-order chi connectivity index (χ1) is 11.2. The highest BCUT2D eigenvalue weighted by Crippen LogP contribution is 2.41. The number of urea groups is 1. The first-order valence-corrected chi connectivity index (χ1v) is 8.25. The monoisotopic (exact) mass is 331 g/mol. The van der Waals surface area contributed by atoms with E-state index in [0.717, 1.165) is 29.9 Å². The molecule has 0 bridgehead atoms. The van der Waals surface area contributed by atoms with Crippen LogP contribution < -0.4 is 10.6 Å². The number of nitrogens with one attached hydrogen (secondary N) is 2. The number of nitrogens with zero attached hydrogens (tertiary/aromatic N) is 3. The molecule has 0 radical (unpaired) electrons. The minimum Gasteiger partial charge on any atom is -0.466 e. The van der Waals surface area contributed by atoms with Crippen LogP contribution in [-0.2, 0) is 13.5 Å². The summed E-state index contributed by atoms with van der Waals surface area (Å²) in [5.74, 6) is 2.58. The Balaban J connectivity index is 1.71. The molecule has 7 heteroatoms. The molecule has 0 aromatic carbocycles. The van der Waals surface area contributed by atoms with Crippen LogP contribution in [0.25, 0.3) is 0 Å². The maximum absolute atomic E-state index is 12.4. The van der Waals surface area contributed by atoms with Gasteiger partial charge in [-0.05, 0) is 31.7 Å². The summed E-state index contributed by atoms with van der Waals surface area (Å²) < 4.78 is 7.61. The van der Waals surface area contributed by atoms with Crippen molar-refractivity contribution in [1.29, 1.82) is 0 Å². The smallest absolute Gasteiger partial charge is 0.315 e. The Morgan fingerprint density at radius 3 is 2.92 bits per heavy atom. The van der Waals surface area contributed by atoms with E-state index in [1.807, 2.05) is 27.0 Å². The zero-order chi connectivity index (χ0) is 17.5. The first-order valence-electron chi connectivity index (χ1n) is 8.25. The minimum absolute atomic E-state index is 0.0482. The molecule has 3 rings (SSSR count). The second-order valence-electron chi connectivity index (χ2n) is 7.47. The van der Waals surface area contributed by atoms with Crippen molar-refractivity contribution in [2.75, 3.05) is 0 Å². The van der Waals surface area contributed by atoms with Gasteiger partial charge >= 0.3 is 6.03 Å². The maximum Gasteiger partial charge on any atom is 0.315 e. The summed E-state index contributed by atoms with van der Waals surface area (Å²) in [5.41, 5.74) is 1.18. The van der Waals surface area contributed by atoms with Gasteiger partial charge in [-0.2, -0.15) is 0 Å². The molecular weight excluding hydrogens is 306 g/mol. The largest absolute Gasteiger partial charge is 0.466 e. The number of rotatable bonds is 3. The average molecular weight is 331 g/mol. The quantitative estimate of drug-likeness (QED) is 0.905. The van der Waals surface area contributed by atoms with E-state index in [2.05, 4.69) is 34.7 Å². The fraction of sp³-hybridized carbons (Fsp3) is 0.588. The molecule has 1 aliphatic carbocycles. The van der Waals surface area contributed by atoms with Crippen molar-refractivity contribution in [2.24, 2.45) is 12.5 Å². The van der Waals surface area contributed by atoms with Gasteiger partial charge in [0.15, 0.2) is 5.82 Å². The van der Waals surface area contributed by atoms with E-state index in [1.165, 1.54) is 0 Å². The highest BCUT2D eigenvalue weighted by molar-refractivity contribution is 5.75. The number of fused-ring (bicyclic) bond motifs is 1. The standard InChI is InChI=1S/C17H25N5O2/c1-10-6-12-13(7-17(3,4)8-14(12)24-10)20-16(23)19-11(2)15-21-18-9-22(15)5/h6,9,11,13H,7-8H2,1-5H3,(H2,19,20,23)/t11-,13+/m0/s1. The molecule has 0 fully saturated rings. The third kappa shape index (κ3) is 3.29. The van der Waals surface area contributed by atoms with Crippen molar-refractivity contribution < 1.29 is 9.21 Å². The molecule has 1 aliphatic rings. The highest BCUT2D eigenvalue weighted by atomic mass is 16.3. The van der Waals surface area contributed by atoms with E-state index in [-0.39, 0.29) is 23.5 Å². The van der Waals surface area contributed by atoms with Crippen LogP contribution in [0.15, 0.2) is 16.8 Å². The predicted molar refractivity (Wildman–Crippen MR) is 89.4 cm³/mol. The first kappa shape index (κ1) is 16.5. The number of furan rings is 1. The van der Waals surface area contributed by atoms with Crippen LogP contribution in [0.4, 0.5) is 4.79 Å². The van der Waals surface area contributed by atoms with Crippen LogP contribution in [0.3, 0.4) is 0 Å². The Morgan fingerprint density at radius 2 is 2.25 bits per heavy atom.